The van der Waals surface area contributed by atoms with Gasteiger partial charge in [-0.05, 0) is 29.8 Å². The topological polar surface area (TPSA) is 69.9 Å². The average molecular weight is 510 g/mol. The summed E-state index contributed by atoms with van der Waals surface area (Å²) in [5.41, 5.74) is -0.320. The fraction of sp³-hybridized carbons (Fsp3) is 0.333. The van der Waals surface area contributed by atoms with Crippen molar-refractivity contribution in [3.63, 3.8) is 0 Å². The van der Waals surface area contributed by atoms with Crippen LogP contribution in [0.2, 0.25) is 0 Å². The quantitative estimate of drug-likeness (QED) is 0.356. The summed E-state index contributed by atoms with van der Waals surface area (Å²) in [5, 5.41) is 5.85. The largest absolute Gasteiger partial charge is 0.467 e. The molecule has 1 heterocycles. The summed E-state index contributed by atoms with van der Waals surface area (Å²) in [6, 6.07) is 8.47. The van der Waals surface area contributed by atoms with Gasteiger partial charge in [-0.1, -0.05) is 12.1 Å². The normalized spacial score (nSPS) is 11.5. The molecule has 1 aromatic heterocycles. The minimum Gasteiger partial charge on any atom is -0.467 e. The lowest BCUT2D eigenvalue weighted by atomic mass is 10.1. The monoisotopic (exact) mass is 510 g/mol. The highest BCUT2D eigenvalue weighted by Crippen LogP contribution is 2.29. The number of nitrogens with one attached hydrogen (secondary N) is 2. The first-order valence-electron chi connectivity index (χ1n) is 8.16. The predicted octanol–water partition coefficient (Wildman–Crippen LogP) is 3.24. The van der Waals surface area contributed by atoms with E-state index >= 15 is 0 Å². The molecule has 0 spiro atoms. The predicted molar refractivity (Wildman–Crippen MR) is 110 cm³/mol. The maximum absolute atomic E-state index is 12.8. The average Bonchev–Trinajstić information content (AvgIpc) is 3.13. The van der Waals surface area contributed by atoms with Gasteiger partial charge >= 0.3 is 6.18 Å². The maximum atomic E-state index is 12.8. The van der Waals surface area contributed by atoms with Crippen LogP contribution in [-0.2, 0) is 24.1 Å². The number of rotatable bonds is 6. The first-order chi connectivity index (χ1) is 12.8. The number of amides is 1. The van der Waals surface area contributed by atoms with Gasteiger partial charge in [0.25, 0.3) is 0 Å². The molecule has 0 bridgehead atoms. The molecule has 2 N–H and O–H groups in total. The Kier molecular flexibility index (Phi) is 9.29. The van der Waals surface area contributed by atoms with E-state index in [0.29, 0.717) is 23.8 Å². The highest BCUT2D eigenvalue weighted by Gasteiger charge is 2.30. The van der Waals surface area contributed by atoms with Gasteiger partial charge in [-0.15, -0.1) is 24.0 Å². The van der Waals surface area contributed by atoms with Crippen molar-refractivity contribution in [2.24, 2.45) is 4.99 Å². The second kappa shape index (κ2) is 10.9. The Morgan fingerprint density at radius 3 is 2.54 bits per heavy atom. The van der Waals surface area contributed by atoms with Crippen molar-refractivity contribution in [3.8, 4) is 0 Å². The summed E-state index contributed by atoms with van der Waals surface area (Å²) >= 11 is 0. The summed E-state index contributed by atoms with van der Waals surface area (Å²) in [6.45, 7) is 0.338. The highest BCUT2D eigenvalue weighted by atomic mass is 127. The molecule has 0 saturated carbocycles. The zero-order valence-corrected chi connectivity index (χ0v) is 17.7. The van der Waals surface area contributed by atoms with Gasteiger partial charge in [-0.3, -0.25) is 4.79 Å². The summed E-state index contributed by atoms with van der Waals surface area (Å²) in [7, 11) is 3.25. The van der Waals surface area contributed by atoms with Gasteiger partial charge in [-0.25, -0.2) is 4.99 Å². The Bertz CT molecular complexity index is 777. The number of hydrogen-bond donors (Lipinski definition) is 2. The van der Waals surface area contributed by atoms with Crippen molar-refractivity contribution in [3.05, 3.63) is 59.5 Å². The van der Waals surface area contributed by atoms with Crippen LogP contribution in [0.25, 0.3) is 0 Å². The van der Waals surface area contributed by atoms with Crippen LogP contribution in [-0.4, -0.2) is 37.4 Å². The molecule has 10 heteroatoms. The minimum absolute atomic E-state index is 0. The molecule has 2 rings (SSSR count). The molecular formula is C18H22F3IN4O2. The van der Waals surface area contributed by atoms with Crippen molar-refractivity contribution in [1.82, 2.24) is 15.5 Å². The Morgan fingerprint density at radius 2 is 1.93 bits per heavy atom. The number of hydrogen-bond acceptors (Lipinski definition) is 3. The number of carbonyl (C=O) groups is 1. The van der Waals surface area contributed by atoms with E-state index in [4.69, 9.17) is 4.42 Å². The number of alkyl halides is 3. The van der Waals surface area contributed by atoms with Crippen LogP contribution < -0.4 is 10.6 Å². The maximum Gasteiger partial charge on any atom is 0.416 e. The Labute approximate surface area is 178 Å². The van der Waals surface area contributed by atoms with Crippen molar-refractivity contribution in [2.75, 3.05) is 20.6 Å². The third kappa shape index (κ3) is 7.79. The molecule has 0 aliphatic rings. The number of furan rings is 1. The van der Waals surface area contributed by atoms with E-state index in [2.05, 4.69) is 15.6 Å². The Morgan fingerprint density at radius 1 is 1.18 bits per heavy atom. The molecule has 0 fully saturated rings. The lowest BCUT2D eigenvalue weighted by Crippen LogP contribution is -2.42. The van der Waals surface area contributed by atoms with Crippen LogP contribution in [0.5, 0.6) is 0 Å². The molecule has 6 nitrogen and oxygen atoms in total. The lowest BCUT2D eigenvalue weighted by Gasteiger charge is -2.14. The van der Waals surface area contributed by atoms with Crippen LogP contribution in [0, 0.1) is 0 Å². The van der Waals surface area contributed by atoms with Crippen molar-refractivity contribution >= 4 is 35.8 Å². The van der Waals surface area contributed by atoms with E-state index in [1.165, 1.54) is 17.2 Å². The SMILES string of the molecule is CN(C)C(=O)CNC(=NCc1cccc(C(F)(F)F)c1)NCc1ccco1.I. The molecule has 0 saturated heterocycles. The Balaban J connectivity index is 0.00000392. The van der Waals surface area contributed by atoms with E-state index < -0.39 is 11.7 Å². The second-order valence-corrected chi connectivity index (χ2v) is 5.94. The van der Waals surface area contributed by atoms with Crippen LogP contribution in [0.3, 0.4) is 0 Å². The fourth-order valence-corrected chi connectivity index (χ4v) is 2.09. The zero-order chi connectivity index (χ0) is 19.9. The van der Waals surface area contributed by atoms with E-state index in [9.17, 15) is 18.0 Å². The van der Waals surface area contributed by atoms with E-state index in [1.54, 1.807) is 32.3 Å². The molecule has 0 aliphatic carbocycles. The van der Waals surface area contributed by atoms with Crippen LogP contribution in [0.15, 0.2) is 52.1 Å². The van der Waals surface area contributed by atoms with Gasteiger partial charge in [0.1, 0.15) is 5.76 Å². The Hall–Kier alpha value is -2.24. The number of aliphatic imine (C=N–C) groups is 1. The summed E-state index contributed by atoms with van der Waals surface area (Å²) < 4.78 is 43.7. The first kappa shape index (κ1) is 23.8. The third-order valence-electron chi connectivity index (χ3n) is 3.59. The van der Waals surface area contributed by atoms with Gasteiger partial charge in [0, 0.05) is 14.1 Å². The standard InChI is InChI=1S/C18H21F3N4O2.HI/c1-25(2)16(26)12-24-17(23-11-15-7-4-8-27-15)22-10-13-5-3-6-14(9-13)18(19,20)21;/h3-9H,10-12H2,1-2H3,(H2,22,23,24);1H. The molecule has 28 heavy (non-hydrogen) atoms. The van der Waals surface area contributed by atoms with Gasteiger partial charge < -0.3 is 20.0 Å². The van der Waals surface area contributed by atoms with Crippen LogP contribution >= 0.6 is 24.0 Å². The van der Waals surface area contributed by atoms with Gasteiger partial charge in [0.2, 0.25) is 5.91 Å². The fourth-order valence-electron chi connectivity index (χ4n) is 2.09. The lowest BCUT2D eigenvalue weighted by molar-refractivity contribution is -0.137. The molecule has 154 valence electrons. The summed E-state index contributed by atoms with van der Waals surface area (Å²) in [5.74, 6) is 0.781. The molecule has 0 atom stereocenters. The third-order valence-corrected chi connectivity index (χ3v) is 3.59. The number of nitrogens with zero attached hydrogens (tertiary/aromatic N) is 2. The van der Waals surface area contributed by atoms with Gasteiger partial charge in [0.15, 0.2) is 5.96 Å². The van der Waals surface area contributed by atoms with Crippen molar-refractivity contribution in [2.45, 2.75) is 19.3 Å². The smallest absolute Gasteiger partial charge is 0.416 e. The number of halogens is 4. The van der Waals surface area contributed by atoms with E-state index in [-0.39, 0.29) is 43.0 Å². The molecule has 1 amide bonds. The number of carbonyl (C=O) groups excluding carboxylic acids is 1. The molecule has 0 aliphatic heterocycles. The second-order valence-electron chi connectivity index (χ2n) is 5.94. The number of likely N-dealkylation sites (N-methyl/N-ethyl adjacent to an activating group) is 1. The molecule has 0 unspecified atom stereocenters. The van der Waals surface area contributed by atoms with E-state index in [1.807, 2.05) is 0 Å². The summed E-state index contributed by atoms with van der Waals surface area (Å²) in [6.07, 6.45) is -2.88. The highest BCUT2D eigenvalue weighted by molar-refractivity contribution is 14.0. The molecular weight excluding hydrogens is 488 g/mol. The molecule has 0 radical (unpaired) electrons. The van der Waals surface area contributed by atoms with Gasteiger partial charge in [-0.2, -0.15) is 13.2 Å². The van der Waals surface area contributed by atoms with Crippen LogP contribution in [0.1, 0.15) is 16.9 Å². The molecule has 2 aromatic rings. The van der Waals surface area contributed by atoms with E-state index in [0.717, 1.165) is 12.1 Å². The van der Waals surface area contributed by atoms with Gasteiger partial charge in [0.05, 0.1) is 31.5 Å². The summed E-state index contributed by atoms with van der Waals surface area (Å²) in [4.78, 5) is 17.4. The zero-order valence-electron chi connectivity index (χ0n) is 15.4. The first-order valence-corrected chi connectivity index (χ1v) is 8.16. The number of guanidine groups is 1. The van der Waals surface area contributed by atoms with Crippen molar-refractivity contribution in [1.29, 1.82) is 0 Å². The number of benzene rings is 1. The molecule has 1 aromatic carbocycles. The van der Waals surface area contributed by atoms with Crippen LogP contribution in [0.4, 0.5) is 13.2 Å². The van der Waals surface area contributed by atoms with Crippen molar-refractivity contribution < 1.29 is 22.4 Å². The minimum atomic E-state index is -4.41.